The normalized spacial score (nSPS) is 11.8. The SMILES string of the molecule is CC(CC#N)Sc1ccccc1NC(=O)c1ccc(SCc2cn3ccccc3n2)cc1. The average Bonchev–Trinajstić information content (AvgIpc) is 3.22. The van der Waals surface area contributed by atoms with Crippen LogP contribution in [0.15, 0.2) is 88.9 Å². The molecule has 1 unspecified atom stereocenters. The molecule has 0 saturated carbocycles. The molecule has 32 heavy (non-hydrogen) atoms. The molecule has 0 bridgehead atoms. The van der Waals surface area contributed by atoms with E-state index in [2.05, 4.69) is 16.4 Å². The van der Waals surface area contributed by atoms with Crippen molar-refractivity contribution in [3.05, 3.63) is 90.4 Å². The molecule has 0 saturated heterocycles. The molecule has 7 heteroatoms. The Bertz CT molecular complexity index is 1230. The van der Waals surface area contributed by atoms with E-state index in [1.54, 1.807) is 23.5 Å². The number of aromatic nitrogens is 2. The second-order valence-electron chi connectivity index (χ2n) is 7.25. The third-order valence-corrected chi connectivity index (χ3v) is 6.98. The van der Waals surface area contributed by atoms with E-state index in [0.717, 1.165) is 32.6 Å². The van der Waals surface area contributed by atoms with Crippen LogP contribution in [0.5, 0.6) is 0 Å². The first kappa shape index (κ1) is 22.0. The smallest absolute Gasteiger partial charge is 0.255 e. The number of nitriles is 1. The Balaban J connectivity index is 1.38. The van der Waals surface area contributed by atoms with Gasteiger partial charge < -0.3 is 9.72 Å². The highest BCUT2D eigenvalue weighted by Crippen LogP contribution is 2.32. The summed E-state index contributed by atoms with van der Waals surface area (Å²) in [4.78, 5) is 19.4. The third kappa shape index (κ3) is 5.52. The van der Waals surface area contributed by atoms with Crippen molar-refractivity contribution in [2.24, 2.45) is 0 Å². The maximum Gasteiger partial charge on any atom is 0.255 e. The molecule has 0 aliphatic heterocycles. The van der Waals surface area contributed by atoms with Crippen LogP contribution in [0.4, 0.5) is 5.69 Å². The molecule has 0 radical (unpaired) electrons. The second kappa shape index (κ2) is 10.4. The van der Waals surface area contributed by atoms with Crippen molar-refractivity contribution in [1.82, 2.24) is 9.38 Å². The number of carbonyl (C=O) groups is 1. The van der Waals surface area contributed by atoms with Gasteiger partial charge in [-0.25, -0.2) is 4.98 Å². The number of pyridine rings is 1. The van der Waals surface area contributed by atoms with E-state index in [9.17, 15) is 4.79 Å². The number of para-hydroxylation sites is 1. The minimum atomic E-state index is -0.150. The highest BCUT2D eigenvalue weighted by atomic mass is 32.2. The van der Waals surface area contributed by atoms with Gasteiger partial charge in [0.05, 0.1) is 17.5 Å². The largest absolute Gasteiger partial charge is 0.321 e. The average molecular weight is 459 g/mol. The van der Waals surface area contributed by atoms with Crippen LogP contribution < -0.4 is 5.32 Å². The number of carbonyl (C=O) groups excluding carboxylic acids is 1. The molecule has 4 rings (SSSR count). The first-order valence-corrected chi connectivity index (χ1v) is 12.1. The summed E-state index contributed by atoms with van der Waals surface area (Å²) in [5.74, 6) is 0.612. The third-order valence-electron chi connectivity index (χ3n) is 4.76. The highest BCUT2D eigenvalue weighted by molar-refractivity contribution is 8.00. The van der Waals surface area contributed by atoms with E-state index >= 15 is 0 Å². The fourth-order valence-corrected chi connectivity index (χ4v) is 4.95. The van der Waals surface area contributed by atoms with Gasteiger partial charge in [-0.3, -0.25) is 4.79 Å². The Morgan fingerprint density at radius 2 is 1.91 bits per heavy atom. The van der Waals surface area contributed by atoms with Gasteiger partial charge in [0.2, 0.25) is 0 Å². The van der Waals surface area contributed by atoms with Gasteiger partial charge in [0, 0.05) is 45.2 Å². The maximum atomic E-state index is 12.8. The first-order valence-electron chi connectivity index (χ1n) is 10.2. The number of hydrogen-bond acceptors (Lipinski definition) is 5. The predicted octanol–water partition coefficient (Wildman–Crippen LogP) is 6.27. The lowest BCUT2D eigenvalue weighted by molar-refractivity contribution is 0.102. The highest BCUT2D eigenvalue weighted by Gasteiger charge is 2.12. The van der Waals surface area contributed by atoms with Crippen LogP contribution in [0, 0.1) is 11.3 Å². The molecule has 4 aromatic rings. The Labute approximate surface area is 195 Å². The lowest BCUT2D eigenvalue weighted by Gasteiger charge is -2.13. The van der Waals surface area contributed by atoms with E-state index in [0.29, 0.717) is 12.0 Å². The number of fused-ring (bicyclic) bond motifs is 1. The Morgan fingerprint density at radius 1 is 1.12 bits per heavy atom. The second-order valence-corrected chi connectivity index (χ2v) is 9.78. The summed E-state index contributed by atoms with van der Waals surface area (Å²) in [7, 11) is 0. The summed E-state index contributed by atoms with van der Waals surface area (Å²) in [6.07, 6.45) is 4.49. The van der Waals surface area contributed by atoms with Gasteiger partial charge in [-0.1, -0.05) is 25.1 Å². The fraction of sp³-hybridized carbons (Fsp3) is 0.160. The number of nitrogens with one attached hydrogen (secondary N) is 1. The zero-order valence-electron chi connectivity index (χ0n) is 17.6. The van der Waals surface area contributed by atoms with Gasteiger partial charge in [-0.05, 0) is 48.5 Å². The van der Waals surface area contributed by atoms with Crippen molar-refractivity contribution in [2.75, 3.05) is 5.32 Å². The van der Waals surface area contributed by atoms with E-state index in [-0.39, 0.29) is 11.2 Å². The number of imidazole rings is 1. The molecule has 1 atom stereocenters. The van der Waals surface area contributed by atoms with E-state index in [1.165, 1.54) is 0 Å². The van der Waals surface area contributed by atoms with E-state index < -0.39 is 0 Å². The molecule has 2 aromatic heterocycles. The number of benzene rings is 2. The van der Waals surface area contributed by atoms with Gasteiger partial charge in [-0.2, -0.15) is 5.26 Å². The van der Waals surface area contributed by atoms with Crippen molar-refractivity contribution in [1.29, 1.82) is 5.26 Å². The van der Waals surface area contributed by atoms with Crippen molar-refractivity contribution in [3.63, 3.8) is 0 Å². The van der Waals surface area contributed by atoms with Gasteiger partial charge in [-0.15, -0.1) is 23.5 Å². The standard InChI is InChI=1S/C25H22N4OS2/c1-18(13-14-26)32-23-7-3-2-6-22(23)28-25(30)19-9-11-21(12-10-19)31-17-20-16-29-15-5-4-8-24(29)27-20/h2-12,15-16,18H,13,17H2,1H3,(H,28,30). The van der Waals surface area contributed by atoms with E-state index in [1.807, 2.05) is 90.4 Å². The summed E-state index contributed by atoms with van der Waals surface area (Å²) in [6, 6.07) is 23.4. The van der Waals surface area contributed by atoms with Crippen molar-refractivity contribution >= 4 is 40.8 Å². The summed E-state index contributed by atoms with van der Waals surface area (Å²) in [6.45, 7) is 2.01. The molecule has 1 N–H and O–H groups in total. The Morgan fingerprint density at radius 3 is 2.69 bits per heavy atom. The number of anilines is 1. The van der Waals surface area contributed by atoms with Crippen LogP contribution in [0.2, 0.25) is 0 Å². The molecule has 0 fully saturated rings. The zero-order chi connectivity index (χ0) is 22.3. The number of amides is 1. The maximum absolute atomic E-state index is 12.8. The van der Waals surface area contributed by atoms with Crippen LogP contribution >= 0.6 is 23.5 Å². The lowest BCUT2D eigenvalue weighted by Crippen LogP contribution is -2.12. The molecule has 2 heterocycles. The van der Waals surface area contributed by atoms with Gasteiger partial charge >= 0.3 is 0 Å². The molecule has 1 amide bonds. The van der Waals surface area contributed by atoms with Crippen molar-refractivity contribution in [3.8, 4) is 6.07 Å². The van der Waals surface area contributed by atoms with Crippen molar-refractivity contribution in [2.45, 2.75) is 34.1 Å². The number of thioether (sulfide) groups is 2. The minimum Gasteiger partial charge on any atom is -0.321 e. The molecule has 2 aromatic carbocycles. The summed E-state index contributed by atoms with van der Waals surface area (Å²) in [5.41, 5.74) is 3.32. The minimum absolute atomic E-state index is 0.150. The van der Waals surface area contributed by atoms with Crippen LogP contribution in [0.1, 0.15) is 29.4 Å². The van der Waals surface area contributed by atoms with Gasteiger partial charge in [0.15, 0.2) is 0 Å². The van der Waals surface area contributed by atoms with Crippen LogP contribution in [0.3, 0.4) is 0 Å². The summed E-state index contributed by atoms with van der Waals surface area (Å²) >= 11 is 3.28. The van der Waals surface area contributed by atoms with Crippen molar-refractivity contribution < 1.29 is 4.79 Å². The lowest BCUT2D eigenvalue weighted by atomic mass is 10.2. The Kier molecular flexibility index (Phi) is 7.15. The Hall–Kier alpha value is -3.21. The van der Waals surface area contributed by atoms with E-state index in [4.69, 9.17) is 5.26 Å². The topological polar surface area (TPSA) is 70.2 Å². The molecule has 160 valence electrons. The van der Waals surface area contributed by atoms with Gasteiger partial charge in [0.1, 0.15) is 5.65 Å². The molecule has 0 spiro atoms. The van der Waals surface area contributed by atoms with Crippen LogP contribution in [-0.4, -0.2) is 20.5 Å². The monoisotopic (exact) mass is 458 g/mol. The predicted molar refractivity (Wildman–Crippen MR) is 131 cm³/mol. The molecule has 5 nitrogen and oxygen atoms in total. The number of nitrogens with zero attached hydrogens (tertiary/aromatic N) is 3. The zero-order valence-corrected chi connectivity index (χ0v) is 19.2. The molecule has 0 aliphatic carbocycles. The molecule has 0 aliphatic rings. The first-order chi connectivity index (χ1) is 15.6. The van der Waals surface area contributed by atoms with Crippen LogP contribution in [0.25, 0.3) is 5.65 Å². The van der Waals surface area contributed by atoms with Crippen LogP contribution in [-0.2, 0) is 5.75 Å². The number of hydrogen-bond donors (Lipinski definition) is 1. The number of rotatable bonds is 8. The molecular formula is C25H22N4OS2. The fourth-order valence-electron chi connectivity index (χ4n) is 3.17. The van der Waals surface area contributed by atoms with Gasteiger partial charge in [0.25, 0.3) is 5.91 Å². The molecular weight excluding hydrogens is 436 g/mol. The summed E-state index contributed by atoms with van der Waals surface area (Å²) < 4.78 is 2.01. The quantitative estimate of drug-likeness (QED) is 0.315. The summed E-state index contributed by atoms with van der Waals surface area (Å²) in [5, 5.41) is 12.1.